The van der Waals surface area contributed by atoms with Crippen molar-refractivity contribution in [3.8, 4) is 0 Å². The van der Waals surface area contributed by atoms with E-state index in [1.165, 1.54) is 17.7 Å². The molecule has 4 rings (SSSR count). The molecular formula is C21H23ClFN3O. The molecule has 3 aromatic rings. The van der Waals surface area contributed by atoms with Gasteiger partial charge in [-0.1, -0.05) is 12.1 Å². The van der Waals surface area contributed by atoms with Crippen LogP contribution in [0.1, 0.15) is 40.2 Å². The summed E-state index contributed by atoms with van der Waals surface area (Å²) in [5.74, 6) is 0.234. The summed E-state index contributed by atoms with van der Waals surface area (Å²) in [5, 5.41) is 1.08. The van der Waals surface area contributed by atoms with E-state index in [1.54, 1.807) is 0 Å². The largest absolute Gasteiger partial charge is 0.361 e. The molecule has 2 aromatic carbocycles. The number of amides is 1. The number of fused-ring (bicyclic) bond motifs is 1. The molecule has 142 valence electrons. The second kappa shape index (κ2) is 8.11. The van der Waals surface area contributed by atoms with Gasteiger partial charge in [-0.05, 0) is 60.2 Å². The van der Waals surface area contributed by atoms with Crippen LogP contribution in [0.15, 0.2) is 48.7 Å². The maximum atomic E-state index is 13.4. The SMILES string of the molecule is Cl.NCc1ccc(C(=O)N2CCC(c3c[nH]c4cc(F)ccc34)CC2)cc1. The van der Waals surface area contributed by atoms with Crippen molar-refractivity contribution in [2.75, 3.05) is 13.1 Å². The predicted octanol–water partition coefficient (Wildman–Crippen LogP) is 4.21. The number of piperidine rings is 1. The van der Waals surface area contributed by atoms with Gasteiger partial charge in [-0.25, -0.2) is 4.39 Å². The third-order valence-corrected chi connectivity index (χ3v) is 5.33. The van der Waals surface area contributed by atoms with E-state index < -0.39 is 0 Å². The van der Waals surface area contributed by atoms with Crippen molar-refractivity contribution in [1.82, 2.24) is 9.88 Å². The number of halogens is 2. The van der Waals surface area contributed by atoms with Crippen LogP contribution in [0.5, 0.6) is 0 Å². The molecule has 4 nitrogen and oxygen atoms in total. The molecule has 6 heteroatoms. The topological polar surface area (TPSA) is 62.1 Å². The Morgan fingerprint density at radius 2 is 1.85 bits per heavy atom. The molecule has 0 unspecified atom stereocenters. The number of nitrogens with one attached hydrogen (secondary N) is 1. The van der Waals surface area contributed by atoms with Gasteiger partial charge in [0.05, 0.1) is 0 Å². The van der Waals surface area contributed by atoms with Gasteiger partial charge >= 0.3 is 0 Å². The van der Waals surface area contributed by atoms with Crippen molar-refractivity contribution in [2.24, 2.45) is 5.73 Å². The average molecular weight is 388 g/mol. The number of benzene rings is 2. The number of hydrogen-bond donors (Lipinski definition) is 2. The fourth-order valence-corrected chi connectivity index (χ4v) is 3.82. The highest BCUT2D eigenvalue weighted by Crippen LogP contribution is 2.33. The minimum Gasteiger partial charge on any atom is -0.361 e. The van der Waals surface area contributed by atoms with E-state index in [-0.39, 0.29) is 24.1 Å². The molecule has 0 spiro atoms. The summed E-state index contributed by atoms with van der Waals surface area (Å²) < 4.78 is 13.4. The summed E-state index contributed by atoms with van der Waals surface area (Å²) >= 11 is 0. The predicted molar refractivity (Wildman–Crippen MR) is 108 cm³/mol. The van der Waals surface area contributed by atoms with E-state index in [2.05, 4.69) is 4.98 Å². The van der Waals surface area contributed by atoms with Crippen LogP contribution in [0.4, 0.5) is 4.39 Å². The van der Waals surface area contributed by atoms with Crippen LogP contribution < -0.4 is 5.73 Å². The van der Waals surface area contributed by atoms with Crippen LogP contribution >= 0.6 is 12.4 Å². The van der Waals surface area contributed by atoms with Crippen LogP contribution in [-0.2, 0) is 6.54 Å². The minimum absolute atomic E-state index is 0. The first-order valence-corrected chi connectivity index (χ1v) is 9.00. The highest BCUT2D eigenvalue weighted by molar-refractivity contribution is 5.94. The average Bonchev–Trinajstić information content (AvgIpc) is 3.10. The molecule has 2 heterocycles. The molecule has 0 atom stereocenters. The summed E-state index contributed by atoms with van der Waals surface area (Å²) in [6.07, 6.45) is 3.81. The lowest BCUT2D eigenvalue weighted by Gasteiger charge is -2.32. The van der Waals surface area contributed by atoms with Crippen LogP contribution in [0.25, 0.3) is 10.9 Å². The number of nitrogens with zero attached hydrogens (tertiary/aromatic N) is 1. The first kappa shape index (κ1) is 19.4. The van der Waals surface area contributed by atoms with Gasteiger partial charge in [-0.15, -0.1) is 12.4 Å². The molecule has 1 fully saturated rings. The molecule has 1 saturated heterocycles. The fraction of sp³-hybridized carbons (Fsp3) is 0.286. The van der Waals surface area contributed by atoms with Gasteiger partial charge in [0.2, 0.25) is 0 Å². The van der Waals surface area contributed by atoms with Gasteiger partial charge in [-0.2, -0.15) is 0 Å². The number of H-pyrrole nitrogens is 1. The Labute approximate surface area is 164 Å². The van der Waals surface area contributed by atoms with Crippen molar-refractivity contribution in [1.29, 1.82) is 0 Å². The van der Waals surface area contributed by atoms with E-state index in [0.717, 1.165) is 42.4 Å². The normalized spacial score (nSPS) is 15.0. The highest BCUT2D eigenvalue weighted by atomic mass is 35.5. The number of rotatable bonds is 3. The Hall–Kier alpha value is -2.37. The third kappa shape index (κ3) is 3.84. The zero-order chi connectivity index (χ0) is 18.1. The van der Waals surface area contributed by atoms with Gasteiger partial charge in [-0.3, -0.25) is 4.79 Å². The Bertz CT molecular complexity index is 930. The highest BCUT2D eigenvalue weighted by Gasteiger charge is 2.26. The number of nitrogens with two attached hydrogens (primary N) is 1. The smallest absolute Gasteiger partial charge is 0.253 e. The monoisotopic (exact) mass is 387 g/mol. The summed E-state index contributed by atoms with van der Waals surface area (Å²) in [5.41, 5.74) is 9.40. The standard InChI is InChI=1S/C21H22FN3O.ClH/c22-17-5-6-18-19(13-24-20(18)11-17)15-7-9-25(10-8-15)21(26)16-3-1-14(12-23)2-4-16;/h1-6,11,13,15,24H,7-10,12,23H2;1H. The van der Waals surface area contributed by atoms with Crippen LogP contribution in [0, 0.1) is 5.82 Å². The van der Waals surface area contributed by atoms with E-state index >= 15 is 0 Å². The van der Waals surface area contributed by atoms with Crippen LogP contribution in [0.2, 0.25) is 0 Å². The van der Waals surface area contributed by atoms with Gasteiger partial charge in [0, 0.05) is 42.3 Å². The number of aromatic nitrogens is 1. The van der Waals surface area contributed by atoms with Gasteiger partial charge < -0.3 is 15.6 Å². The fourth-order valence-electron chi connectivity index (χ4n) is 3.82. The number of likely N-dealkylation sites (tertiary alicyclic amines) is 1. The van der Waals surface area contributed by atoms with Crippen molar-refractivity contribution in [3.05, 3.63) is 71.2 Å². The Balaban J connectivity index is 0.00000210. The summed E-state index contributed by atoms with van der Waals surface area (Å²) in [6.45, 7) is 1.94. The maximum absolute atomic E-state index is 13.4. The van der Waals surface area contributed by atoms with E-state index in [0.29, 0.717) is 18.0 Å². The number of carbonyl (C=O) groups is 1. The van der Waals surface area contributed by atoms with Crippen LogP contribution in [0.3, 0.4) is 0 Å². The Morgan fingerprint density at radius 1 is 1.15 bits per heavy atom. The second-order valence-electron chi connectivity index (χ2n) is 6.90. The Morgan fingerprint density at radius 3 is 2.52 bits per heavy atom. The molecule has 0 radical (unpaired) electrons. The molecule has 27 heavy (non-hydrogen) atoms. The zero-order valence-electron chi connectivity index (χ0n) is 15.0. The molecule has 1 aliphatic rings. The molecule has 0 aliphatic carbocycles. The third-order valence-electron chi connectivity index (χ3n) is 5.33. The summed E-state index contributed by atoms with van der Waals surface area (Å²) in [7, 11) is 0. The second-order valence-corrected chi connectivity index (χ2v) is 6.90. The van der Waals surface area contributed by atoms with Crippen LogP contribution in [-0.4, -0.2) is 28.9 Å². The molecule has 1 aliphatic heterocycles. The maximum Gasteiger partial charge on any atom is 0.253 e. The lowest BCUT2D eigenvalue weighted by atomic mass is 9.89. The lowest BCUT2D eigenvalue weighted by Crippen LogP contribution is -2.37. The molecular weight excluding hydrogens is 365 g/mol. The molecule has 3 N–H and O–H groups in total. The molecule has 0 saturated carbocycles. The summed E-state index contributed by atoms with van der Waals surface area (Å²) in [6, 6.07) is 12.4. The van der Waals surface area contributed by atoms with E-state index in [4.69, 9.17) is 5.73 Å². The van der Waals surface area contributed by atoms with Crippen molar-refractivity contribution < 1.29 is 9.18 Å². The molecule has 1 amide bonds. The molecule has 0 bridgehead atoms. The van der Waals surface area contributed by atoms with Gasteiger partial charge in [0.25, 0.3) is 5.91 Å². The minimum atomic E-state index is -0.230. The zero-order valence-corrected chi connectivity index (χ0v) is 15.8. The van der Waals surface area contributed by atoms with E-state index in [9.17, 15) is 9.18 Å². The van der Waals surface area contributed by atoms with Crippen molar-refractivity contribution in [2.45, 2.75) is 25.3 Å². The number of carbonyl (C=O) groups excluding carboxylic acids is 1. The van der Waals surface area contributed by atoms with Crippen molar-refractivity contribution in [3.63, 3.8) is 0 Å². The van der Waals surface area contributed by atoms with Gasteiger partial charge in [0.15, 0.2) is 0 Å². The van der Waals surface area contributed by atoms with Gasteiger partial charge in [0.1, 0.15) is 5.82 Å². The number of hydrogen-bond acceptors (Lipinski definition) is 2. The van der Waals surface area contributed by atoms with Crippen molar-refractivity contribution >= 4 is 29.2 Å². The Kier molecular flexibility index (Phi) is 5.82. The van der Waals surface area contributed by atoms with E-state index in [1.807, 2.05) is 41.4 Å². The number of aromatic amines is 1. The first-order chi connectivity index (χ1) is 12.7. The quantitative estimate of drug-likeness (QED) is 0.707. The lowest BCUT2D eigenvalue weighted by molar-refractivity contribution is 0.0713. The summed E-state index contributed by atoms with van der Waals surface area (Å²) in [4.78, 5) is 17.8. The first-order valence-electron chi connectivity index (χ1n) is 9.00. The molecule has 1 aromatic heterocycles.